The van der Waals surface area contributed by atoms with Crippen LogP contribution in [-0.2, 0) is 4.79 Å². The summed E-state index contributed by atoms with van der Waals surface area (Å²) in [5.41, 5.74) is 0.990. The lowest BCUT2D eigenvalue weighted by Gasteiger charge is -2.07. The van der Waals surface area contributed by atoms with Gasteiger partial charge in [-0.05, 0) is 13.8 Å². The largest absolute Gasteiger partial charge is 0.301 e. The zero-order valence-electron chi connectivity index (χ0n) is 8.66. The summed E-state index contributed by atoms with van der Waals surface area (Å²) in [6.45, 7) is 3.96. The van der Waals surface area contributed by atoms with Gasteiger partial charge in [-0.25, -0.2) is 4.98 Å². The Hall–Kier alpha value is -0.590. The van der Waals surface area contributed by atoms with Crippen molar-refractivity contribution in [2.24, 2.45) is 0 Å². The molecular weight excluding hydrogens is 230 g/mol. The van der Waals surface area contributed by atoms with Crippen molar-refractivity contribution < 1.29 is 4.79 Å². The van der Waals surface area contributed by atoms with Crippen LogP contribution in [0.5, 0.6) is 0 Å². The normalized spacial score (nSPS) is 20.5. The molecule has 0 bridgehead atoms. The first-order valence-corrected chi connectivity index (χ1v) is 6.70. The van der Waals surface area contributed by atoms with Crippen LogP contribution in [0, 0.1) is 13.8 Å². The van der Waals surface area contributed by atoms with E-state index in [1.165, 1.54) is 11.3 Å². The molecule has 0 spiro atoms. The number of hydrogen-bond donors (Lipinski definition) is 2. The topological polar surface area (TPSA) is 54.0 Å². The van der Waals surface area contributed by atoms with Gasteiger partial charge in [-0.15, -0.1) is 23.1 Å². The number of amides is 1. The smallest absolute Gasteiger partial charge is 0.244 e. The number of hydrogen-bond acceptors (Lipinski definition) is 5. The summed E-state index contributed by atoms with van der Waals surface area (Å²) in [6, 6.07) is -0.0699. The highest BCUT2D eigenvalue weighted by Crippen LogP contribution is 2.21. The molecule has 1 amide bonds. The summed E-state index contributed by atoms with van der Waals surface area (Å²) in [5, 5.41) is 6.67. The van der Waals surface area contributed by atoms with Crippen molar-refractivity contribution in [3.05, 3.63) is 10.6 Å². The Morgan fingerprint density at radius 2 is 2.40 bits per heavy atom. The Morgan fingerprint density at radius 3 is 2.93 bits per heavy atom. The Balaban J connectivity index is 1.99. The molecule has 1 aliphatic heterocycles. The summed E-state index contributed by atoms with van der Waals surface area (Å²) < 4.78 is 0. The van der Waals surface area contributed by atoms with Crippen LogP contribution in [0.15, 0.2) is 0 Å². The predicted molar refractivity (Wildman–Crippen MR) is 64.5 cm³/mol. The second kappa shape index (κ2) is 4.51. The molecule has 1 fully saturated rings. The summed E-state index contributed by atoms with van der Waals surface area (Å²) in [5.74, 6) is 1.72. The minimum Gasteiger partial charge on any atom is -0.301 e. The lowest BCUT2D eigenvalue weighted by molar-refractivity contribution is -0.117. The summed E-state index contributed by atoms with van der Waals surface area (Å²) in [7, 11) is 0. The molecule has 2 rings (SSSR count). The van der Waals surface area contributed by atoms with Gasteiger partial charge in [-0.2, -0.15) is 0 Å². The van der Waals surface area contributed by atoms with Crippen LogP contribution in [0.1, 0.15) is 10.6 Å². The summed E-state index contributed by atoms with van der Waals surface area (Å²) >= 11 is 3.26. The zero-order valence-corrected chi connectivity index (χ0v) is 10.3. The highest BCUT2D eigenvalue weighted by Gasteiger charge is 2.23. The van der Waals surface area contributed by atoms with E-state index in [2.05, 4.69) is 15.6 Å². The van der Waals surface area contributed by atoms with Crippen molar-refractivity contribution in [2.45, 2.75) is 19.9 Å². The number of carbonyl (C=O) groups is 1. The van der Waals surface area contributed by atoms with Crippen molar-refractivity contribution in [1.82, 2.24) is 10.3 Å². The van der Waals surface area contributed by atoms with Crippen molar-refractivity contribution in [3.63, 3.8) is 0 Å². The number of thiazole rings is 1. The van der Waals surface area contributed by atoms with E-state index < -0.39 is 0 Å². The number of anilines is 1. The molecule has 82 valence electrons. The van der Waals surface area contributed by atoms with Gasteiger partial charge in [0.2, 0.25) is 5.91 Å². The third-order valence-electron chi connectivity index (χ3n) is 2.29. The fraction of sp³-hybridized carbons (Fsp3) is 0.556. The highest BCUT2D eigenvalue weighted by molar-refractivity contribution is 7.99. The molecule has 2 heterocycles. The van der Waals surface area contributed by atoms with E-state index in [1.807, 2.05) is 13.8 Å². The van der Waals surface area contributed by atoms with Gasteiger partial charge < -0.3 is 5.32 Å². The molecule has 1 atom stereocenters. The zero-order chi connectivity index (χ0) is 10.8. The second-order valence-corrected chi connectivity index (χ2v) is 5.66. The molecule has 4 nitrogen and oxygen atoms in total. The SMILES string of the molecule is Cc1nc(NC(=O)[C@H]2CSCN2)sc1C. The Bertz CT molecular complexity index is 352. The predicted octanol–water partition coefficient (Wildman–Crippen LogP) is 1.36. The van der Waals surface area contributed by atoms with Crippen LogP contribution < -0.4 is 10.6 Å². The number of thioether (sulfide) groups is 1. The van der Waals surface area contributed by atoms with E-state index in [9.17, 15) is 4.79 Å². The van der Waals surface area contributed by atoms with E-state index in [0.717, 1.165) is 22.2 Å². The summed E-state index contributed by atoms with van der Waals surface area (Å²) in [6.07, 6.45) is 0. The van der Waals surface area contributed by atoms with Gasteiger partial charge in [0.1, 0.15) is 0 Å². The second-order valence-electron chi connectivity index (χ2n) is 3.42. The standard InChI is InChI=1S/C9H13N3OS2/c1-5-6(2)15-9(11-5)12-8(13)7-3-14-4-10-7/h7,10H,3-4H2,1-2H3,(H,11,12,13)/t7-/m1/s1. The van der Waals surface area contributed by atoms with E-state index in [-0.39, 0.29) is 11.9 Å². The Kier molecular flexibility index (Phi) is 3.28. The molecule has 0 unspecified atom stereocenters. The van der Waals surface area contributed by atoms with Crippen LogP contribution in [-0.4, -0.2) is 28.6 Å². The third kappa shape index (κ3) is 2.50. The van der Waals surface area contributed by atoms with Gasteiger partial charge in [0.05, 0.1) is 11.7 Å². The van der Waals surface area contributed by atoms with Crippen molar-refractivity contribution in [1.29, 1.82) is 0 Å². The van der Waals surface area contributed by atoms with Gasteiger partial charge in [-0.1, -0.05) is 0 Å². The van der Waals surface area contributed by atoms with E-state index >= 15 is 0 Å². The first kappa shape index (κ1) is 10.9. The van der Waals surface area contributed by atoms with Crippen molar-refractivity contribution in [2.75, 3.05) is 16.9 Å². The first-order valence-electron chi connectivity index (χ1n) is 4.73. The Labute approximate surface area is 96.9 Å². The quantitative estimate of drug-likeness (QED) is 0.823. The van der Waals surface area contributed by atoms with Gasteiger partial charge in [-0.3, -0.25) is 10.1 Å². The number of carbonyl (C=O) groups excluding carboxylic acids is 1. The molecule has 6 heteroatoms. The fourth-order valence-electron chi connectivity index (χ4n) is 1.28. The molecule has 1 aromatic rings. The van der Waals surface area contributed by atoms with E-state index in [4.69, 9.17) is 0 Å². The first-order chi connectivity index (χ1) is 7.16. The molecule has 2 N–H and O–H groups in total. The molecule has 0 radical (unpaired) electrons. The van der Waals surface area contributed by atoms with Crippen LogP contribution in [0.2, 0.25) is 0 Å². The van der Waals surface area contributed by atoms with Gasteiger partial charge in [0, 0.05) is 16.5 Å². The highest BCUT2D eigenvalue weighted by atomic mass is 32.2. The van der Waals surface area contributed by atoms with Gasteiger partial charge in [0.15, 0.2) is 5.13 Å². The number of nitrogens with one attached hydrogen (secondary N) is 2. The molecule has 15 heavy (non-hydrogen) atoms. The summed E-state index contributed by atoms with van der Waals surface area (Å²) in [4.78, 5) is 17.1. The average molecular weight is 243 g/mol. The van der Waals surface area contributed by atoms with Crippen molar-refractivity contribution >= 4 is 34.1 Å². The molecule has 0 aromatic carbocycles. The molecule has 1 aromatic heterocycles. The number of rotatable bonds is 2. The van der Waals surface area contributed by atoms with E-state index in [1.54, 1.807) is 11.8 Å². The minimum absolute atomic E-state index is 0.0220. The maximum atomic E-state index is 11.7. The molecule has 0 saturated carbocycles. The molecule has 1 saturated heterocycles. The van der Waals surface area contributed by atoms with Gasteiger partial charge >= 0.3 is 0 Å². The number of aromatic nitrogens is 1. The van der Waals surface area contributed by atoms with E-state index in [0.29, 0.717) is 5.13 Å². The average Bonchev–Trinajstić information content (AvgIpc) is 2.77. The Morgan fingerprint density at radius 1 is 1.60 bits per heavy atom. The maximum absolute atomic E-state index is 11.7. The molecule has 1 aliphatic rings. The van der Waals surface area contributed by atoms with Crippen LogP contribution in [0.4, 0.5) is 5.13 Å². The fourth-order valence-corrected chi connectivity index (χ4v) is 3.04. The monoisotopic (exact) mass is 243 g/mol. The van der Waals surface area contributed by atoms with Crippen molar-refractivity contribution in [3.8, 4) is 0 Å². The van der Waals surface area contributed by atoms with Gasteiger partial charge in [0.25, 0.3) is 0 Å². The number of nitrogens with zero attached hydrogens (tertiary/aromatic N) is 1. The maximum Gasteiger partial charge on any atom is 0.244 e. The lowest BCUT2D eigenvalue weighted by atomic mass is 10.3. The van der Waals surface area contributed by atoms with Crippen LogP contribution >= 0.6 is 23.1 Å². The van der Waals surface area contributed by atoms with Crippen LogP contribution in [0.25, 0.3) is 0 Å². The lowest BCUT2D eigenvalue weighted by Crippen LogP contribution is -2.37. The number of aryl methyl sites for hydroxylation is 2. The third-order valence-corrected chi connectivity index (χ3v) is 4.22. The minimum atomic E-state index is -0.0699. The molecule has 0 aliphatic carbocycles. The molecular formula is C9H13N3OS2. The van der Waals surface area contributed by atoms with Crippen LogP contribution in [0.3, 0.4) is 0 Å².